The van der Waals surface area contributed by atoms with Gasteiger partial charge in [0.1, 0.15) is 24.3 Å². The van der Waals surface area contributed by atoms with Crippen LogP contribution in [0.3, 0.4) is 0 Å². The van der Waals surface area contributed by atoms with Gasteiger partial charge in [0, 0.05) is 86.5 Å². The first-order chi connectivity index (χ1) is 37.2. The minimum absolute atomic E-state index is 0.512. The topological polar surface area (TPSA) is 115 Å². The van der Waals surface area contributed by atoms with Crippen molar-refractivity contribution in [2.45, 2.75) is 158 Å². The van der Waals surface area contributed by atoms with E-state index in [2.05, 4.69) is 133 Å². The Morgan fingerprint density at radius 3 is 0.592 bits per heavy atom. The molecular formula is C66H88N10. The Balaban J connectivity index is 1.77. The summed E-state index contributed by atoms with van der Waals surface area (Å²) >= 11 is 0. The van der Waals surface area contributed by atoms with E-state index in [1.807, 2.05) is 72.8 Å². The standard InChI is InChI=1S/C66H88N10/c1-9-17-37-71(38-18-10-2)59-29-33-63(53(45-59)49-67)75(64-34-30-60(46-54(64)50-68)72(39-19-11-3)40-20-12-4)57-25-27-58(28-26-57)76(65-35-31-61(47-55(65)51-69)73(41-21-13-5)42-22-14-6)66-36-32-62(48-56(66)52-70)74(43-23-15-7)44-24-16-8/h25-36,45-48H,9-24,37-44H2,1-8H3. The summed E-state index contributed by atoms with van der Waals surface area (Å²) in [5.41, 5.74) is 10.3. The molecule has 402 valence electrons. The Bertz CT molecular complexity index is 2340. The van der Waals surface area contributed by atoms with Gasteiger partial charge in [0.25, 0.3) is 0 Å². The van der Waals surface area contributed by atoms with Crippen molar-refractivity contribution in [1.82, 2.24) is 0 Å². The first kappa shape index (κ1) is 59.7. The molecule has 0 saturated carbocycles. The van der Waals surface area contributed by atoms with Crippen LogP contribution >= 0.6 is 0 Å². The summed E-state index contributed by atoms with van der Waals surface area (Å²) in [4.78, 5) is 13.7. The Hall–Kier alpha value is -7.14. The van der Waals surface area contributed by atoms with Crippen LogP contribution in [0.1, 0.15) is 180 Å². The number of hydrogen-bond donors (Lipinski definition) is 0. The minimum atomic E-state index is 0.512. The predicted molar refractivity (Wildman–Crippen MR) is 323 cm³/mol. The zero-order valence-corrected chi connectivity index (χ0v) is 47.7. The van der Waals surface area contributed by atoms with Crippen LogP contribution in [-0.2, 0) is 0 Å². The molecule has 0 spiro atoms. The number of anilines is 10. The fourth-order valence-electron chi connectivity index (χ4n) is 9.86. The summed E-state index contributed by atoms with van der Waals surface area (Å²) < 4.78 is 0. The van der Waals surface area contributed by atoms with Crippen LogP contribution in [-0.4, -0.2) is 52.4 Å². The van der Waals surface area contributed by atoms with Crippen molar-refractivity contribution in [3.8, 4) is 24.3 Å². The first-order valence-corrected chi connectivity index (χ1v) is 29.1. The molecule has 0 aliphatic heterocycles. The lowest BCUT2D eigenvalue weighted by molar-refractivity contribution is 0.678. The van der Waals surface area contributed by atoms with Gasteiger partial charge in [-0.2, -0.15) is 21.0 Å². The third kappa shape index (κ3) is 15.9. The van der Waals surface area contributed by atoms with Gasteiger partial charge >= 0.3 is 0 Å². The zero-order chi connectivity index (χ0) is 54.7. The monoisotopic (exact) mass is 1020 g/mol. The molecule has 0 radical (unpaired) electrons. The quantitative estimate of drug-likeness (QED) is 0.0394. The van der Waals surface area contributed by atoms with E-state index in [1.54, 1.807) is 0 Å². The molecule has 76 heavy (non-hydrogen) atoms. The molecule has 0 aliphatic rings. The molecule has 0 amide bonds. The van der Waals surface area contributed by atoms with E-state index in [0.29, 0.717) is 45.0 Å². The molecule has 5 rings (SSSR count). The highest BCUT2D eigenvalue weighted by Crippen LogP contribution is 2.45. The highest BCUT2D eigenvalue weighted by atomic mass is 15.2. The predicted octanol–water partition coefficient (Wildman–Crippen LogP) is 17.7. The average molecular weight is 1020 g/mol. The number of hydrogen-bond acceptors (Lipinski definition) is 10. The van der Waals surface area contributed by atoms with E-state index < -0.39 is 0 Å². The van der Waals surface area contributed by atoms with E-state index in [4.69, 9.17) is 0 Å². The van der Waals surface area contributed by atoms with E-state index in [-0.39, 0.29) is 0 Å². The number of benzene rings is 5. The number of unbranched alkanes of at least 4 members (excludes halogenated alkanes) is 8. The molecule has 0 heterocycles. The Labute approximate surface area is 459 Å². The summed E-state index contributed by atoms with van der Waals surface area (Å²) in [6, 6.07) is 43.1. The van der Waals surface area contributed by atoms with E-state index in [0.717, 1.165) is 189 Å². The van der Waals surface area contributed by atoms with Gasteiger partial charge < -0.3 is 29.4 Å². The lowest BCUT2D eigenvalue weighted by Gasteiger charge is -2.32. The lowest BCUT2D eigenvalue weighted by atomic mass is 10.0. The maximum absolute atomic E-state index is 11.0. The van der Waals surface area contributed by atoms with Gasteiger partial charge in [0.15, 0.2) is 0 Å². The number of nitriles is 4. The van der Waals surface area contributed by atoms with Crippen molar-refractivity contribution in [3.05, 3.63) is 119 Å². The largest absolute Gasteiger partial charge is 0.371 e. The molecule has 5 aromatic carbocycles. The highest BCUT2D eigenvalue weighted by molar-refractivity contribution is 5.88. The number of nitrogens with zero attached hydrogens (tertiary/aromatic N) is 10. The molecule has 10 heteroatoms. The van der Waals surface area contributed by atoms with Crippen LogP contribution in [0.4, 0.5) is 56.9 Å². The summed E-state index contributed by atoms with van der Waals surface area (Å²) in [6.07, 6.45) is 17.1. The van der Waals surface area contributed by atoms with Gasteiger partial charge in [-0.15, -0.1) is 0 Å². The van der Waals surface area contributed by atoms with Gasteiger partial charge in [-0.1, -0.05) is 107 Å². The molecule has 0 aliphatic carbocycles. The maximum atomic E-state index is 11.0. The van der Waals surface area contributed by atoms with E-state index >= 15 is 0 Å². The second kappa shape index (κ2) is 32.3. The van der Waals surface area contributed by atoms with Crippen LogP contribution in [0.15, 0.2) is 97.1 Å². The van der Waals surface area contributed by atoms with Crippen molar-refractivity contribution in [2.75, 3.05) is 81.8 Å². The zero-order valence-electron chi connectivity index (χ0n) is 47.7. The van der Waals surface area contributed by atoms with Crippen molar-refractivity contribution in [2.24, 2.45) is 0 Å². The van der Waals surface area contributed by atoms with E-state index in [1.165, 1.54) is 0 Å². The number of rotatable bonds is 34. The third-order valence-electron chi connectivity index (χ3n) is 14.4. The minimum Gasteiger partial charge on any atom is -0.371 e. The fourth-order valence-corrected chi connectivity index (χ4v) is 9.86. The molecule has 0 atom stereocenters. The van der Waals surface area contributed by atoms with Crippen LogP contribution in [0.5, 0.6) is 0 Å². The molecule has 0 fully saturated rings. The molecule has 0 saturated heterocycles. The Kier molecular flexibility index (Phi) is 25.4. The van der Waals surface area contributed by atoms with Gasteiger partial charge in [0.2, 0.25) is 0 Å². The fraction of sp³-hybridized carbons (Fsp3) is 0.485. The van der Waals surface area contributed by atoms with Gasteiger partial charge in [-0.25, -0.2) is 0 Å². The SMILES string of the molecule is CCCCN(CCCC)c1ccc(N(c2ccc(N(c3ccc(N(CCCC)CCCC)cc3C#N)c3ccc(N(CCCC)CCCC)cc3C#N)cc2)c2ccc(N(CCCC)CCCC)cc2C#N)c(C#N)c1. The summed E-state index contributed by atoms with van der Waals surface area (Å²) in [7, 11) is 0. The highest BCUT2D eigenvalue weighted by Gasteiger charge is 2.25. The first-order valence-electron chi connectivity index (χ1n) is 29.1. The summed E-state index contributed by atoms with van der Waals surface area (Å²) in [5, 5.41) is 44.2. The normalized spacial score (nSPS) is 10.8. The van der Waals surface area contributed by atoms with Gasteiger partial charge in [0.05, 0.1) is 45.0 Å². The molecule has 0 aromatic heterocycles. The molecule has 0 unspecified atom stereocenters. The van der Waals surface area contributed by atoms with E-state index in [9.17, 15) is 21.0 Å². The second-order valence-electron chi connectivity index (χ2n) is 20.2. The molecule has 0 bridgehead atoms. The van der Waals surface area contributed by atoms with Crippen LogP contribution in [0.25, 0.3) is 0 Å². The summed E-state index contributed by atoms with van der Waals surface area (Å²) in [6.45, 7) is 24.9. The molecular weight excluding hydrogens is 933 g/mol. The second-order valence-corrected chi connectivity index (χ2v) is 20.2. The maximum Gasteiger partial charge on any atom is 0.101 e. The van der Waals surface area contributed by atoms with Crippen LogP contribution < -0.4 is 29.4 Å². The van der Waals surface area contributed by atoms with Crippen LogP contribution in [0, 0.1) is 45.3 Å². The van der Waals surface area contributed by atoms with Crippen molar-refractivity contribution in [1.29, 1.82) is 21.0 Å². The average Bonchev–Trinajstić information content (AvgIpc) is 3.46. The summed E-state index contributed by atoms with van der Waals surface area (Å²) in [5.74, 6) is 0. The smallest absolute Gasteiger partial charge is 0.101 e. The Morgan fingerprint density at radius 2 is 0.434 bits per heavy atom. The lowest BCUT2D eigenvalue weighted by Crippen LogP contribution is -2.26. The van der Waals surface area contributed by atoms with Crippen LogP contribution in [0.2, 0.25) is 0 Å². The van der Waals surface area contributed by atoms with Crippen molar-refractivity contribution >= 4 is 56.9 Å². The molecule has 10 nitrogen and oxygen atoms in total. The Morgan fingerprint density at radius 1 is 0.263 bits per heavy atom. The molecule has 0 N–H and O–H groups in total. The molecule has 5 aromatic rings. The van der Waals surface area contributed by atoms with Crippen molar-refractivity contribution < 1.29 is 0 Å². The van der Waals surface area contributed by atoms with Gasteiger partial charge in [-0.05, 0) is 148 Å². The van der Waals surface area contributed by atoms with Gasteiger partial charge in [-0.3, -0.25) is 0 Å². The third-order valence-corrected chi connectivity index (χ3v) is 14.4. The van der Waals surface area contributed by atoms with Crippen molar-refractivity contribution in [3.63, 3.8) is 0 Å².